The van der Waals surface area contributed by atoms with Crippen molar-refractivity contribution in [2.24, 2.45) is 0 Å². The number of thiazole rings is 1. The lowest BCUT2D eigenvalue weighted by Gasteiger charge is -2.11. The number of hydrogen-bond acceptors (Lipinski definition) is 8. The Morgan fingerprint density at radius 2 is 1.84 bits per heavy atom. The molecule has 194 valence electrons. The van der Waals surface area contributed by atoms with E-state index < -0.39 is 5.91 Å². The molecule has 0 saturated heterocycles. The van der Waals surface area contributed by atoms with E-state index in [2.05, 4.69) is 34.8 Å². The smallest absolute Gasteiger partial charge is 0.269 e. The van der Waals surface area contributed by atoms with Gasteiger partial charge < -0.3 is 21.1 Å². The SMILES string of the molecule is CC[C@@H](C)c1ccc(NC(=O)c2c(NCCOC)sc(C(=O)Nc3nc4ccc(C)cc4s3)c2N)cc1. The number of nitrogens with one attached hydrogen (secondary N) is 3. The number of nitrogen functional groups attached to an aromatic ring is 1. The summed E-state index contributed by atoms with van der Waals surface area (Å²) in [7, 11) is 1.60. The number of nitrogens with two attached hydrogens (primary N) is 1. The minimum atomic E-state index is -0.412. The number of fused-ring (bicyclic) bond motifs is 1. The Kier molecular flexibility index (Phi) is 8.42. The number of hydrogen-bond donors (Lipinski definition) is 4. The van der Waals surface area contributed by atoms with Gasteiger partial charge in [-0.15, -0.1) is 11.3 Å². The molecule has 10 heteroatoms. The van der Waals surface area contributed by atoms with Crippen LogP contribution in [0.3, 0.4) is 0 Å². The van der Waals surface area contributed by atoms with Gasteiger partial charge in [-0.3, -0.25) is 14.9 Å². The van der Waals surface area contributed by atoms with Gasteiger partial charge >= 0.3 is 0 Å². The summed E-state index contributed by atoms with van der Waals surface area (Å²) in [6.07, 6.45) is 1.04. The number of thiophene rings is 1. The van der Waals surface area contributed by atoms with E-state index in [1.165, 1.54) is 16.9 Å². The fraction of sp³-hybridized carbons (Fsp3) is 0.296. The summed E-state index contributed by atoms with van der Waals surface area (Å²) < 4.78 is 6.11. The maximum absolute atomic E-state index is 13.3. The first kappa shape index (κ1) is 26.6. The topological polar surface area (TPSA) is 118 Å². The molecule has 2 aromatic heterocycles. The molecule has 0 aliphatic heterocycles. The van der Waals surface area contributed by atoms with Crippen LogP contribution in [0.1, 0.15) is 57.3 Å². The van der Waals surface area contributed by atoms with Crippen LogP contribution in [-0.2, 0) is 4.74 Å². The standard InChI is InChI=1S/C27H31N5O3S2/c1-5-16(3)17-7-9-18(10-8-17)30-24(33)21-22(28)23(37-26(21)29-12-13-35-4)25(34)32-27-31-19-11-6-15(2)14-20(19)36-27/h6-11,14,16,29H,5,12-13,28H2,1-4H3,(H,30,33)(H,31,32,34)/t16-/m1/s1. The Hall–Kier alpha value is -3.47. The first-order valence-corrected chi connectivity index (χ1v) is 13.7. The molecule has 4 rings (SSSR count). The van der Waals surface area contributed by atoms with Gasteiger partial charge in [0.1, 0.15) is 9.88 Å². The molecule has 2 aromatic carbocycles. The highest BCUT2D eigenvalue weighted by Crippen LogP contribution is 2.37. The molecule has 1 atom stereocenters. The Balaban J connectivity index is 1.58. The number of carbonyl (C=O) groups is 2. The van der Waals surface area contributed by atoms with Crippen molar-refractivity contribution in [3.05, 3.63) is 64.0 Å². The number of amides is 2. The second kappa shape index (κ2) is 11.7. The molecule has 0 aliphatic carbocycles. The van der Waals surface area contributed by atoms with Crippen LogP contribution in [0, 0.1) is 6.92 Å². The fourth-order valence-corrected chi connectivity index (χ4v) is 5.79. The maximum atomic E-state index is 13.3. The molecule has 0 aliphatic rings. The average Bonchev–Trinajstić information content (AvgIpc) is 3.43. The predicted octanol–water partition coefficient (Wildman–Crippen LogP) is 6.32. The number of carbonyl (C=O) groups excluding carboxylic acids is 2. The molecule has 8 nitrogen and oxygen atoms in total. The summed E-state index contributed by atoms with van der Waals surface area (Å²) in [5, 5.41) is 9.91. The molecule has 0 unspecified atom stereocenters. The summed E-state index contributed by atoms with van der Waals surface area (Å²) in [4.78, 5) is 31.2. The van der Waals surface area contributed by atoms with Gasteiger partial charge in [-0.25, -0.2) is 4.98 Å². The van der Waals surface area contributed by atoms with Crippen LogP contribution in [0.15, 0.2) is 42.5 Å². The normalized spacial score (nSPS) is 11.9. The van der Waals surface area contributed by atoms with Gasteiger partial charge in [-0.1, -0.05) is 43.4 Å². The average molecular weight is 538 g/mol. The predicted molar refractivity (Wildman–Crippen MR) is 155 cm³/mol. The highest BCUT2D eigenvalue weighted by atomic mass is 32.1. The van der Waals surface area contributed by atoms with E-state index in [0.29, 0.717) is 34.9 Å². The second-order valence-corrected chi connectivity index (χ2v) is 10.8. The monoisotopic (exact) mass is 537 g/mol. The third kappa shape index (κ3) is 6.10. The van der Waals surface area contributed by atoms with Crippen molar-refractivity contribution in [2.45, 2.75) is 33.1 Å². The summed E-state index contributed by atoms with van der Waals surface area (Å²) in [6, 6.07) is 13.7. The van der Waals surface area contributed by atoms with Crippen molar-refractivity contribution in [3.8, 4) is 0 Å². The van der Waals surface area contributed by atoms with Crippen molar-refractivity contribution in [3.63, 3.8) is 0 Å². The summed E-state index contributed by atoms with van der Waals surface area (Å²) in [6.45, 7) is 7.21. The molecule has 0 fully saturated rings. The van der Waals surface area contributed by atoms with Gasteiger partial charge in [0.15, 0.2) is 5.13 Å². The second-order valence-electron chi connectivity index (χ2n) is 8.80. The van der Waals surface area contributed by atoms with Crippen LogP contribution in [0.25, 0.3) is 10.2 Å². The zero-order chi connectivity index (χ0) is 26.5. The highest BCUT2D eigenvalue weighted by Gasteiger charge is 2.26. The van der Waals surface area contributed by atoms with Crippen molar-refractivity contribution in [2.75, 3.05) is 41.9 Å². The fourth-order valence-electron chi connectivity index (χ4n) is 3.79. The molecule has 0 saturated carbocycles. The largest absolute Gasteiger partial charge is 0.397 e. The number of aromatic nitrogens is 1. The molecule has 0 radical (unpaired) electrons. The van der Waals surface area contributed by atoms with E-state index >= 15 is 0 Å². The van der Waals surface area contributed by atoms with Crippen molar-refractivity contribution < 1.29 is 14.3 Å². The minimum absolute atomic E-state index is 0.119. The molecule has 0 spiro atoms. The Labute approximate surface area is 224 Å². The number of rotatable bonds is 10. The van der Waals surface area contributed by atoms with Crippen LogP contribution in [0.5, 0.6) is 0 Å². The number of anilines is 4. The van der Waals surface area contributed by atoms with Gasteiger partial charge in [0.05, 0.1) is 28.1 Å². The summed E-state index contributed by atoms with van der Waals surface area (Å²) in [5.74, 6) is -0.362. The number of methoxy groups -OCH3 is 1. The van der Waals surface area contributed by atoms with Crippen LogP contribution in [0.2, 0.25) is 0 Å². The first-order valence-electron chi connectivity index (χ1n) is 12.1. The molecular weight excluding hydrogens is 506 g/mol. The zero-order valence-electron chi connectivity index (χ0n) is 21.3. The van der Waals surface area contributed by atoms with Crippen LogP contribution in [-0.4, -0.2) is 37.1 Å². The van der Waals surface area contributed by atoms with Gasteiger partial charge in [-0.05, 0) is 54.7 Å². The number of aryl methyl sites for hydroxylation is 1. The number of ether oxygens (including phenoxy) is 1. The molecule has 0 bridgehead atoms. The Morgan fingerprint density at radius 1 is 1.08 bits per heavy atom. The molecule has 2 heterocycles. The lowest BCUT2D eigenvalue weighted by Crippen LogP contribution is -2.17. The number of benzene rings is 2. The van der Waals surface area contributed by atoms with E-state index in [-0.39, 0.29) is 22.0 Å². The van der Waals surface area contributed by atoms with E-state index in [1.54, 1.807) is 7.11 Å². The quantitative estimate of drug-likeness (QED) is 0.176. The minimum Gasteiger partial charge on any atom is -0.397 e. The van der Waals surface area contributed by atoms with Crippen LogP contribution < -0.4 is 21.7 Å². The molecule has 2 amide bonds. The van der Waals surface area contributed by atoms with E-state index in [1.807, 2.05) is 49.4 Å². The Morgan fingerprint density at radius 3 is 2.54 bits per heavy atom. The molecule has 37 heavy (non-hydrogen) atoms. The summed E-state index contributed by atoms with van der Waals surface area (Å²) >= 11 is 2.52. The maximum Gasteiger partial charge on any atom is 0.269 e. The summed E-state index contributed by atoms with van der Waals surface area (Å²) in [5.41, 5.74) is 10.5. The van der Waals surface area contributed by atoms with E-state index in [9.17, 15) is 9.59 Å². The van der Waals surface area contributed by atoms with Crippen molar-refractivity contribution >= 4 is 66.2 Å². The van der Waals surface area contributed by atoms with Gasteiger partial charge in [-0.2, -0.15) is 0 Å². The van der Waals surface area contributed by atoms with E-state index in [4.69, 9.17) is 10.5 Å². The lowest BCUT2D eigenvalue weighted by molar-refractivity contribution is 0.102. The van der Waals surface area contributed by atoms with Gasteiger partial charge in [0, 0.05) is 19.3 Å². The van der Waals surface area contributed by atoms with Gasteiger partial charge in [0.25, 0.3) is 11.8 Å². The van der Waals surface area contributed by atoms with Crippen molar-refractivity contribution in [1.29, 1.82) is 0 Å². The Bertz CT molecular complexity index is 1410. The third-order valence-corrected chi connectivity index (χ3v) is 8.18. The molecular formula is C27H31N5O3S2. The van der Waals surface area contributed by atoms with E-state index in [0.717, 1.165) is 33.5 Å². The lowest BCUT2D eigenvalue weighted by atomic mass is 9.98. The zero-order valence-corrected chi connectivity index (χ0v) is 22.9. The third-order valence-electron chi connectivity index (χ3n) is 6.08. The van der Waals surface area contributed by atoms with Crippen LogP contribution >= 0.6 is 22.7 Å². The highest BCUT2D eigenvalue weighted by molar-refractivity contribution is 7.22. The first-order chi connectivity index (χ1) is 17.8. The van der Waals surface area contributed by atoms with Crippen LogP contribution in [0.4, 0.5) is 21.5 Å². The number of nitrogens with zero attached hydrogens (tertiary/aromatic N) is 1. The molecule has 5 N–H and O–H groups in total. The van der Waals surface area contributed by atoms with Crippen molar-refractivity contribution in [1.82, 2.24) is 4.98 Å². The molecule has 4 aromatic rings. The van der Waals surface area contributed by atoms with Gasteiger partial charge in [0.2, 0.25) is 0 Å².